The summed E-state index contributed by atoms with van der Waals surface area (Å²) in [6.07, 6.45) is 2.18. The number of hydrogen-bond donors (Lipinski definition) is 0. The Morgan fingerprint density at radius 2 is 1.50 bits per heavy atom. The lowest BCUT2D eigenvalue weighted by Gasteiger charge is -2.16. The van der Waals surface area contributed by atoms with Crippen LogP contribution >= 0.6 is 23.2 Å². The van der Waals surface area contributed by atoms with E-state index in [-0.39, 0.29) is 10.8 Å². The molecule has 0 aromatic carbocycles. The quantitative estimate of drug-likeness (QED) is 0.406. The Kier molecular flexibility index (Phi) is 1.01. The van der Waals surface area contributed by atoms with E-state index < -0.39 is 0 Å². The van der Waals surface area contributed by atoms with Crippen LogP contribution in [0.1, 0.15) is 6.42 Å². The van der Waals surface area contributed by atoms with Crippen molar-refractivity contribution in [2.45, 2.75) is 29.4 Å². The topological polar surface area (TPSA) is 12.5 Å². The van der Waals surface area contributed by atoms with Crippen molar-refractivity contribution in [1.29, 1.82) is 0 Å². The molecule has 10 heavy (non-hydrogen) atoms. The van der Waals surface area contributed by atoms with E-state index in [1.807, 2.05) is 0 Å². The lowest BCUT2D eigenvalue weighted by Crippen LogP contribution is -2.28. The van der Waals surface area contributed by atoms with Crippen molar-refractivity contribution in [1.82, 2.24) is 0 Å². The third-order valence-electron chi connectivity index (χ3n) is 3.07. The number of ether oxygens (including phenoxy) is 1. The fourth-order valence-electron chi connectivity index (χ4n) is 2.50. The largest absolute Gasteiger partial charge is 0.369 e. The van der Waals surface area contributed by atoms with Gasteiger partial charge in [0.1, 0.15) is 0 Å². The maximum atomic E-state index is 6.07. The van der Waals surface area contributed by atoms with E-state index in [2.05, 4.69) is 0 Å². The molecule has 3 fully saturated rings. The van der Waals surface area contributed by atoms with Gasteiger partial charge >= 0.3 is 0 Å². The van der Waals surface area contributed by atoms with Crippen LogP contribution in [0.3, 0.4) is 0 Å². The zero-order valence-electron chi connectivity index (χ0n) is 5.34. The maximum absolute atomic E-state index is 6.07. The van der Waals surface area contributed by atoms with Crippen molar-refractivity contribution in [3.05, 3.63) is 0 Å². The van der Waals surface area contributed by atoms with Gasteiger partial charge in [0.15, 0.2) is 0 Å². The van der Waals surface area contributed by atoms with E-state index in [4.69, 9.17) is 27.9 Å². The predicted molar refractivity (Wildman–Crippen MR) is 39.5 cm³/mol. The van der Waals surface area contributed by atoms with Crippen LogP contribution in [0.25, 0.3) is 0 Å². The lowest BCUT2D eigenvalue weighted by molar-refractivity contribution is 0.265. The molecule has 0 amide bonds. The third kappa shape index (κ3) is 0.521. The molecule has 2 unspecified atom stereocenters. The summed E-state index contributed by atoms with van der Waals surface area (Å²) < 4.78 is 5.41. The van der Waals surface area contributed by atoms with E-state index in [0.29, 0.717) is 24.0 Å². The highest BCUT2D eigenvalue weighted by atomic mass is 35.5. The average molecular weight is 179 g/mol. The van der Waals surface area contributed by atoms with Gasteiger partial charge in [-0.15, -0.1) is 23.2 Å². The van der Waals surface area contributed by atoms with Crippen molar-refractivity contribution in [2.24, 2.45) is 11.8 Å². The van der Waals surface area contributed by atoms with Crippen molar-refractivity contribution in [3.63, 3.8) is 0 Å². The van der Waals surface area contributed by atoms with Gasteiger partial charge in [-0.25, -0.2) is 0 Å². The van der Waals surface area contributed by atoms with Crippen molar-refractivity contribution >= 4 is 23.2 Å². The first-order valence-electron chi connectivity index (χ1n) is 3.72. The molecule has 1 aliphatic heterocycles. The van der Waals surface area contributed by atoms with Gasteiger partial charge in [0, 0.05) is 11.8 Å². The summed E-state index contributed by atoms with van der Waals surface area (Å²) in [5.74, 6) is 1.14. The van der Waals surface area contributed by atoms with Crippen molar-refractivity contribution in [3.8, 4) is 0 Å². The van der Waals surface area contributed by atoms with Gasteiger partial charge in [-0.05, 0) is 6.42 Å². The van der Waals surface area contributed by atoms with Gasteiger partial charge in [0.2, 0.25) is 0 Å². The van der Waals surface area contributed by atoms with E-state index in [9.17, 15) is 0 Å². The molecule has 0 radical (unpaired) electrons. The summed E-state index contributed by atoms with van der Waals surface area (Å²) in [5.41, 5.74) is 0. The monoisotopic (exact) mass is 178 g/mol. The first-order valence-corrected chi connectivity index (χ1v) is 4.60. The van der Waals surface area contributed by atoms with Gasteiger partial charge in [-0.1, -0.05) is 0 Å². The SMILES string of the molecule is Cl[C@@H]1[C@@H](Cl)[C@H]2C[C@@H]1C1OC12. The van der Waals surface area contributed by atoms with E-state index in [1.165, 1.54) is 6.42 Å². The van der Waals surface area contributed by atoms with Gasteiger partial charge in [0.05, 0.1) is 23.0 Å². The molecule has 0 N–H and O–H groups in total. The molecule has 6 atom stereocenters. The maximum Gasteiger partial charge on any atom is 0.0888 e. The lowest BCUT2D eigenvalue weighted by atomic mass is 10.00. The molecule has 1 saturated heterocycles. The van der Waals surface area contributed by atoms with E-state index in [1.54, 1.807) is 0 Å². The molecule has 3 rings (SSSR count). The Morgan fingerprint density at radius 3 is 1.90 bits per heavy atom. The van der Waals surface area contributed by atoms with Crippen LogP contribution in [0.5, 0.6) is 0 Å². The minimum absolute atomic E-state index is 0.176. The third-order valence-corrected chi connectivity index (χ3v) is 4.39. The smallest absolute Gasteiger partial charge is 0.0888 e. The molecule has 56 valence electrons. The Bertz CT molecular complexity index is 166. The Morgan fingerprint density at radius 1 is 1.00 bits per heavy atom. The first-order chi connectivity index (χ1) is 4.79. The average Bonchev–Trinajstić information content (AvgIpc) is 2.57. The second-order valence-corrected chi connectivity index (χ2v) is 4.53. The highest BCUT2D eigenvalue weighted by Crippen LogP contribution is 2.59. The summed E-state index contributed by atoms with van der Waals surface area (Å²) in [6.45, 7) is 0. The fourth-order valence-corrected chi connectivity index (χ4v) is 3.37. The Hall–Kier alpha value is 0.540. The standard InChI is InChI=1S/C7H8Cl2O/c8-4-2-1-3(5(4)9)7-6(2)10-7/h2-7H,1H2/t2-,3+,4-,5-,6?,7?/m0/s1. The minimum Gasteiger partial charge on any atom is -0.369 e. The highest BCUT2D eigenvalue weighted by Gasteiger charge is 2.66. The highest BCUT2D eigenvalue weighted by molar-refractivity contribution is 6.31. The molecule has 0 aromatic rings. The molecule has 3 heteroatoms. The van der Waals surface area contributed by atoms with Crippen molar-refractivity contribution < 1.29 is 4.74 Å². The van der Waals surface area contributed by atoms with E-state index in [0.717, 1.165) is 0 Å². The molecule has 1 nitrogen and oxygen atoms in total. The predicted octanol–water partition coefficient (Wildman–Crippen LogP) is 1.62. The number of hydrogen-bond acceptors (Lipinski definition) is 1. The Balaban J connectivity index is 1.96. The van der Waals surface area contributed by atoms with Crippen LogP contribution in [0.4, 0.5) is 0 Å². The summed E-state index contributed by atoms with van der Waals surface area (Å²) in [6, 6.07) is 0. The van der Waals surface area contributed by atoms with Crippen LogP contribution in [0, 0.1) is 11.8 Å². The number of fused-ring (bicyclic) bond motifs is 5. The summed E-state index contributed by atoms with van der Waals surface area (Å²) in [7, 11) is 0. The van der Waals surface area contributed by atoms with Crippen LogP contribution in [-0.2, 0) is 4.74 Å². The van der Waals surface area contributed by atoms with Crippen LogP contribution < -0.4 is 0 Å². The zero-order valence-corrected chi connectivity index (χ0v) is 6.85. The summed E-state index contributed by atoms with van der Waals surface area (Å²) in [4.78, 5) is 0. The number of epoxide rings is 1. The van der Waals surface area contributed by atoms with Gasteiger partial charge in [-0.3, -0.25) is 0 Å². The molecular formula is C7H8Cl2O. The normalized spacial score (nSPS) is 70.2. The molecule has 0 aromatic heterocycles. The van der Waals surface area contributed by atoms with Gasteiger partial charge in [0.25, 0.3) is 0 Å². The molecule has 1 heterocycles. The van der Waals surface area contributed by atoms with E-state index >= 15 is 0 Å². The zero-order chi connectivity index (χ0) is 6.88. The van der Waals surface area contributed by atoms with Crippen LogP contribution in [0.2, 0.25) is 0 Å². The number of halogens is 2. The number of rotatable bonds is 0. The molecule has 2 saturated carbocycles. The molecular weight excluding hydrogens is 171 g/mol. The summed E-state index contributed by atoms with van der Waals surface area (Å²) in [5, 5.41) is 0.353. The first kappa shape index (κ1) is 6.10. The van der Waals surface area contributed by atoms with Gasteiger partial charge < -0.3 is 4.74 Å². The van der Waals surface area contributed by atoms with Gasteiger partial charge in [-0.2, -0.15) is 0 Å². The molecule has 2 bridgehead atoms. The second-order valence-electron chi connectivity index (χ2n) is 3.52. The van der Waals surface area contributed by atoms with Crippen LogP contribution in [0.15, 0.2) is 0 Å². The van der Waals surface area contributed by atoms with Crippen LogP contribution in [-0.4, -0.2) is 23.0 Å². The fraction of sp³-hybridized carbons (Fsp3) is 1.00. The number of alkyl halides is 2. The second kappa shape index (κ2) is 1.65. The Labute approximate surface area is 69.6 Å². The molecule has 3 aliphatic rings. The molecule has 2 aliphatic carbocycles. The summed E-state index contributed by atoms with van der Waals surface area (Å²) >= 11 is 12.1. The van der Waals surface area contributed by atoms with Crippen molar-refractivity contribution in [2.75, 3.05) is 0 Å². The molecule has 0 spiro atoms. The minimum atomic E-state index is 0.176.